The molecule has 0 aromatic heterocycles. The number of esters is 1. The molecule has 0 spiro atoms. The smallest absolute Gasteiger partial charge is 0.306 e. The van der Waals surface area contributed by atoms with Crippen molar-refractivity contribution in [3.05, 3.63) is 59.2 Å². The number of ether oxygens (including phenoxy) is 2. The van der Waals surface area contributed by atoms with Crippen molar-refractivity contribution in [2.75, 3.05) is 19.0 Å². The van der Waals surface area contributed by atoms with Crippen LogP contribution in [0.25, 0.3) is 0 Å². The number of hydrogen-bond acceptors (Lipinski definition) is 5. The van der Waals surface area contributed by atoms with Crippen LogP contribution in [0.1, 0.15) is 47.2 Å². The van der Waals surface area contributed by atoms with Gasteiger partial charge in [0.25, 0.3) is 5.91 Å². The molecular weight excluding hydrogens is 370 g/mol. The first-order valence-electron chi connectivity index (χ1n) is 9.79. The van der Waals surface area contributed by atoms with Crippen LogP contribution in [0.4, 0.5) is 5.69 Å². The van der Waals surface area contributed by atoms with Crippen molar-refractivity contribution in [2.45, 2.75) is 38.5 Å². The van der Waals surface area contributed by atoms with E-state index in [1.54, 1.807) is 31.4 Å². The average molecular weight is 395 g/mol. The molecule has 29 heavy (non-hydrogen) atoms. The van der Waals surface area contributed by atoms with Gasteiger partial charge in [0.2, 0.25) is 0 Å². The van der Waals surface area contributed by atoms with Gasteiger partial charge < -0.3 is 14.8 Å². The van der Waals surface area contributed by atoms with Crippen molar-refractivity contribution < 1.29 is 23.9 Å². The number of Topliss-reactive ketones (excluding diaryl/α,β-unsaturated/α-hetero) is 1. The topological polar surface area (TPSA) is 81.7 Å². The average Bonchev–Trinajstić information content (AvgIpc) is 2.76. The molecule has 0 saturated heterocycles. The Kier molecular flexibility index (Phi) is 7.00. The number of carbonyl (C=O) groups excluding carboxylic acids is 3. The van der Waals surface area contributed by atoms with E-state index >= 15 is 0 Å². The van der Waals surface area contributed by atoms with E-state index in [1.165, 1.54) is 17.5 Å². The zero-order chi connectivity index (χ0) is 20.6. The molecule has 0 radical (unpaired) electrons. The van der Waals surface area contributed by atoms with E-state index in [4.69, 9.17) is 9.47 Å². The van der Waals surface area contributed by atoms with E-state index in [-0.39, 0.29) is 18.6 Å². The zero-order valence-corrected chi connectivity index (χ0v) is 16.5. The van der Waals surface area contributed by atoms with Crippen molar-refractivity contribution in [1.29, 1.82) is 0 Å². The second kappa shape index (κ2) is 9.87. The third-order valence-electron chi connectivity index (χ3n) is 4.96. The predicted octanol–water partition coefficient (Wildman–Crippen LogP) is 3.72. The highest BCUT2D eigenvalue weighted by molar-refractivity contribution is 5.98. The minimum atomic E-state index is -0.568. The Hall–Kier alpha value is -3.15. The van der Waals surface area contributed by atoms with Gasteiger partial charge in [-0.1, -0.05) is 12.1 Å². The van der Waals surface area contributed by atoms with Crippen LogP contribution in [-0.2, 0) is 27.2 Å². The minimum absolute atomic E-state index is 0.0499. The highest BCUT2D eigenvalue weighted by Gasteiger charge is 2.15. The Morgan fingerprint density at radius 3 is 2.38 bits per heavy atom. The number of methoxy groups -OCH3 is 1. The molecule has 0 aliphatic heterocycles. The molecule has 0 unspecified atom stereocenters. The summed E-state index contributed by atoms with van der Waals surface area (Å²) in [5.41, 5.74) is 3.76. The number of rotatable bonds is 8. The molecule has 0 saturated carbocycles. The summed E-state index contributed by atoms with van der Waals surface area (Å²) in [7, 11) is 1.56. The van der Waals surface area contributed by atoms with Crippen LogP contribution in [0.5, 0.6) is 5.75 Å². The van der Waals surface area contributed by atoms with E-state index in [0.29, 0.717) is 17.0 Å². The molecule has 152 valence electrons. The number of nitrogens with one attached hydrogen (secondary N) is 1. The van der Waals surface area contributed by atoms with Gasteiger partial charge in [0, 0.05) is 17.7 Å². The Morgan fingerprint density at radius 1 is 0.931 bits per heavy atom. The summed E-state index contributed by atoms with van der Waals surface area (Å²) in [5.74, 6) is -0.415. The molecule has 0 heterocycles. The van der Waals surface area contributed by atoms with Crippen molar-refractivity contribution in [2.24, 2.45) is 0 Å². The third kappa shape index (κ3) is 5.91. The second-order valence-corrected chi connectivity index (χ2v) is 7.05. The minimum Gasteiger partial charge on any atom is -0.497 e. The second-order valence-electron chi connectivity index (χ2n) is 7.05. The number of hydrogen-bond donors (Lipinski definition) is 1. The van der Waals surface area contributed by atoms with Gasteiger partial charge in [-0.05, 0) is 67.1 Å². The lowest BCUT2D eigenvalue weighted by atomic mass is 9.89. The Balaban J connectivity index is 1.41. The van der Waals surface area contributed by atoms with Gasteiger partial charge in [-0.15, -0.1) is 0 Å². The van der Waals surface area contributed by atoms with Gasteiger partial charge in [-0.25, -0.2) is 0 Å². The van der Waals surface area contributed by atoms with Gasteiger partial charge in [-0.2, -0.15) is 0 Å². The highest BCUT2D eigenvalue weighted by atomic mass is 16.5. The molecule has 1 amide bonds. The van der Waals surface area contributed by atoms with Crippen LogP contribution in [0.3, 0.4) is 0 Å². The summed E-state index contributed by atoms with van der Waals surface area (Å²) >= 11 is 0. The highest BCUT2D eigenvalue weighted by Crippen LogP contribution is 2.23. The Morgan fingerprint density at radius 2 is 1.66 bits per heavy atom. The monoisotopic (exact) mass is 395 g/mol. The fourth-order valence-corrected chi connectivity index (χ4v) is 3.36. The van der Waals surface area contributed by atoms with Gasteiger partial charge in [-0.3, -0.25) is 14.4 Å². The SMILES string of the molecule is COc1ccc(NC(=O)COC(=O)CCC(=O)c2ccc3c(c2)CCCC3)cc1. The Labute approximate surface area is 170 Å². The fourth-order valence-electron chi connectivity index (χ4n) is 3.36. The molecule has 0 fully saturated rings. The summed E-state index contributed by atoms with van der Waals surface area (Å²) < 4.78 is 10.0. The first-order valence-corrected chi connectivity index (χ1v) is 9.79. The van der Waals surface area contributed by atoms with Crippen LogP contribution in [0.2, 0.25) is 0 Å². The van der Waals surface area contributed by atoms with E-state index in [0.717, 1.165) is 19.3 Å². The van der Waals surface area contributed by atoms with E-state index in [1.807, 2.05) is 18.2 Å². The maximum atomic E-state index is 12.4. The number of fused-ring (bicyclic) bond motifs is 1. The third-order valence-corrected chi connectivity index (χ3v) is 4.96. The lowest BCUT2D eigenvalue weighted by molar-refractivity contribution is -0.147. The largest absolute Gasteiger partial charge is 0.497 e. The van der Waals surface area contributed by atoms with Crippen molar-refractivity contribution in [3.63, 3.8) is 0 Å². The zero-order valence-electron chi connectivity index (χ0n) is 16.5. The van der Waals surface area contributed by atoms with E-state index in [2.05, 4.69) is 5.32 Å². The van der Waals surface area contributed by atoms with Crippen LogP contribution in [0, 0.1) is 0 Å². The number of benzene rings is 2. The molecule has 1 aliphatic carbocycles. The van der Waals surface area contributed by atoms with Crippen LogP contribution in [-0.4, -0.2) is 31.4 Å². The summed E-state index contributed by atoms with van der Waals surface area (Å²) in [4.78, 5) is 36.1. The molecule has 6 heteroatoms. The first kappa shape index (κ1) is 20.6. The number of amides is 1. The van der Waals surface area contributed by atoms with Gasteiger partial charge in [0.15, 0.2) is 12.4 Å². The van der Waals surface area contributed by atoms with Crippen molar-refractivity contribution in [3.8, 4) is 5.75 Å². The molecular formula is C23H25NO5. The summed E-state index contributed by atoms with van der Waals surface area (Å²) in [6.07, 6.45) is 4.42. The van der Waals surface area contributed by atoms with Crippen LogP contribution >= 0.6 is 0 Å². The number of carbonyl (C=O) groups is 3. The molecule has 2 aromatic carbocycles. The van der Waals surface area contributed by atoms with Crippen molar-refractivity contribution >= 4 is 23.3 Å². The van der Waals surface area contributed by atoms with Crippen LogP contribution < -0.4 is 10.1 Å². The molecule has 6 nitrogen and oxygen atoms in total. The van der Waals surface area contributed by atoms with Gasteiger partial charge >= 0.3 is 5.97 Å². The number of aryl methyl sites for hydroxylation is 2. The van der Waals surface area contributed by atoms with Gasteiger partial charge in [0.05, 0.1) is 13.5 Å². The predicted molar refractivity (Wildman–Crippen MR) is 109 cm³/mol. The van der Waals surface area contributed by atoms with E-state index < -0.39 is 18.5 Å². The van der Waals surface area contributed by atoms with Crippen LogP contribution in [0.15, 0.2) is 42.5 Å². The Bertz CT molecular complexity index is 889. The maximum Gasteiger partial charge on any atom is 0.306 e. The normalized spacial score (nSPS) is 12.6. The lowest BCUT2D eigenvalue weighted by Gasteiger charge is -2.16. The van der Waals surface area contributed by atoms with Gasteiger partial charge in [0.1, 0.15) is 5.75 Å². The fraction of sp³-hybridized carbons (Fsp3) is 0.348. The maximum absolute atomic E-state index is 12.4. The molecule has 0 atom stereocenters. The first-order chi connectivity index (χ1) is 14.0. The number of anilines is 1. The van der Waals surface area contributed by atoms with E-state index in [9.17, 15) is 14.4 Å². The molecule has 1 N–H and O–H groups in total. The molecule has 1 aliphatic rings. The number of ketones is 1. The molecule has 3 rings (SSSR count). The quantitative estimate of drug-likeness (QED) is 0.544. The summed E-state index contributed by atoms with van der Waals surface area (Å²) in [5, 5.41) is 2.63. The summed E-state index contributed by atoms with van der Waals surface area (Å²) in [6, 6.07) is 12.6. The molecule has 0 bridgehead atoms. The summed E-state index contributed by atoms with van der Waals surface area (Å²) in [6.45, 7) is -0.391. The van der Waals surface area contributed by atoms with Crippen molar-refractivity contribution in [1.82, 2.24) is 0 Å². The standard InChI is InChI=1S/C23H25NO5/c1-28-20-10-8-19(9-11-20)24-22(26)15-29-23(27)13-12-21(25)18-7-6-16-4-2-3-5-17(16)14-18/h6-11,14H,2-5,12-13,15H2,1H3,(H,24,26). The molecule has 2 aromatic rings. The lowest BCUT2D eigenvalue weighted by Crippen LogP contribution is -2.21.